The molecule has 0 unspecified atom stereocenters. The van der Waals surface area contributed by atoms with Crippen LogP contribution < -0.4 is 0 Å². The van der Waals surface area contributed by atoms with Gasteiger partial charge >= 0.3 is 0 Å². The van der Waals surface area contributed by atoms with Gasteiger partial charge in [0, 0.05) is 29.7 Å². The highest BCUT2D eigenvalue weighted by Crippen LogP contribution is 2.36. The van der Waals surface area contributed by atoms with Crippen molar-refractivity contribution in [2.24, 2.45) is 0 Å². The zero-order valence-corrected chi connectivity index (χ0v) is 17.3. The van der Waals surface area contributed by atoms with Crippen molar-refractivity contribution in [3.63, 3.8) is 0 Å². The fourth-order valence-corrected chi connectivity index (χ4v) is 4.69. The first-order valence-electron chi connectivity index (χ1n) is 9.88. The number of benzene rings is 1. The van der Waals surface area contributed by atoms with E-state index in [4.69, 9.17) is 5.10 Å². The predicted molar refractivity (Wildman–Crippen MR) is 112 cm³/mol. The maximum atomic E-state index is 4.96. The van der Waals surface area contributed by atoms with Crippen LogP contribution in [0.5, 0.6) is 0 Å². The van der Waals surface area contributed by atoms with Gasteiger partial charge in [-0.2, -0.15) is 5.10 Å². The molecule has 4 aromatic rings. The molecule has 3 aromatic heterocycles. The number of rotatable bonds is 5. The molecular weight excluding hydrogens is 382 g/mol. The average Bonchev–Trinajstić information content (AvgIpc) is 3.49. The second-order valence-corrected chi connectivity index (χ2v) is 8.65. The van der Waals surface area contributed by atoms with Crippen molar-refractivity contribution in [3.8, 4) is 5.69 Å². The standard InChI is InChI=1S/C21H23N7S/c1-15(2)19-18(14-28(23-19)16-7-4-3-5-8-16)20-21-22-24-25-27(21)11-10-26(20)13-17-9-6-12-29-17/h3-9,12,14-15,20H,10-11,13H2,1-2H3/t20-/m1/s1. The Morgan fingerprint density at radius 2 is 1.97 bits per heavy atom. The Balaban J connectivity index is 1.62. The molecule has 7 nitrogen and oxygen atoms in total. The van der Waals surface area contributed by atoms with Gasteiger partial charge in [-0.25, -0.2) is 9.36 Å². The van der Waals surface area contributed by atoms with E-state index in [-0.39, 0.29) is 6.04 Å². The van der Waals surface area contributed by atoms with Crippen molar-refractivity contribution in [1.29, 1.82) is 0 Å². The van der Waals surface area contributed by atoms with E-state index < -0.39 is 0 Å². The summed E-state index contributed by atoms with van der Waals surface area (Å²) in [4.78, 5) is 3.81. The minimum atomic E-state index is -0.0179. The third-order valence-corrected chi connectivity index (χ3v) is 6.20. The summed E-state index contributed by atoms with van der Waals surface area (Å²) < 4.78 is 3.91. The molecule has 1 aliphatic heterocycles. The molecular formula is C21H23N7S. The van der Waals surface area contributed by atoms with Crippen LogP contribution in [0.1, 0.15) is 47.8 Å². The van der Waals surface area contributed by atoms with Crippen molar-refractivity contribution in [3.05, 3.63) is 76.0 Å². The number of nitrogens with zero attached hydrogens (tertiary/aromatic N) is 7. The molecule has 0 aliphatic carbocycles. The first-order chi connectivity index (χ1) is 14.2. The van der Waals surface area contributed by atoms with Crippen LogP contribution in [-0.2, 0) is 13.1 Å². The Kier molecular flexibility index (Phi) is 4.73. The maximum absolute atomic E-state index is 4.96. The molecule has 0 fully saturated rings. The van der Waals surface area contributed by atoms with Crippen LogP contribution in [0.25, 0.3) is 5.69 Å². The molecule has 0 spiro atoms. The highest BCUT2D eigenvalue weighted by molar-refractivity contribution is 7.09. The Morgan fingerprint density at radius 1 is 1.10 bits per heavy atom. The molecule has 29 heavy (non-hydrogen) atoms. The third kappa shape index (κ3) is 3.38. The van der Waals surface area contributed by atoms with Gasteiger partial charge in [-0.15, -0.1) is 16.4 Å². The quantitative estimate of drug-likeness (QED) is 0.507. The largest absolute Gasteiger partial charge is 0.283 e. The topological polar surface area (TPSA) is 64.7 Å². The van der Waals surface area contributed by atoms with Gasteiger partial charge in [0.2, 0.25) is 0 Å². The van der Waals surface area contributed by atoms with Crippen LogP contribution in [0, 0.1) is 0 Å². The summed E-state index contributed by atoms with van der Waals surface area (Å²) in [5.41, 5.74) is 3.32. The molecule has 4 heterocycles. The number of thiophene rings is 1. The van der Waals surface area contributed by atoms with E-state index in [1.807, 2.05) is 27.6 Å². The van der Waals surface area contributed by atoms with Gasteiger partial charge in [0.25, 0.3) is 0 Å². The van der Waals surface area contributed by atoms with E-state index in [0.29, 0.717) is 5.92 Å². The lowest BCUT2D eigenvalue weighted by atomic mass is 9.97. The van der Waals surface area contributed by atoms with E-state index >= 15 is 0 Å². The van der Waals surface area contributed by atoms with Gasteiger partial charge < -0.3 is 0 Å². The molecule has 8 heteroatoms. The van der Waals surface area contributed by atoms with Gasteiger partial charge in [-0.05, 0) is 39.9 Å². The zero-order valence-electron chi connectivity index (χ0n) is 16.5. The van der Waals surface area contributed by atoms with Crippen LogP contribution >= 0.6 is 11.3 Å². The molecule has 1 aromatic carbocycles. The average molecular weight is 406 g/mol. The summed E-state index contributed by atoms with van der Waals surface area (Å²) >= 11 is 1.79. The summed E-state index contributed by atoms with van der Waals surface area (Å²) in [6.07, 6.45) is 2.15. The predicted octanol–water partition coefficient (Wildman–Crippen LogP) is 3.65. The molecule has 0 N–H and O–H groups in total. The monoisotopic (exact) mass is 405 g/mol. The number of tetrazole rings is 1. The summed E-state index contributed by atoms with van der Waals surface area (Å²) in [7, 11) is 0. The summed E-state index contributed by atoms with van der Waals surface area (Å²) in [5, 5.41) is 19.7. The van der Waals surface area contributed by atoms with Crippen LogP contribution in [-0.4, -0.2) is 41.4 Å². The smallest absolute Gasteiger partial charge is 0.173 e. The first-order valence-corrected chi connectivity index (χ1v) is 10.8. The fraction of sp³-hybridized carbons (Fsp3) is 0.333. The van der Waals surface area contributed by atoms with Gasteiger partial charge in [0.05, 0.1) is 17.9 Å². The summed E-state index contributed by atoms with van der Waals surface area (Å²) in [6, 6.07) is 14.5. The van der Waals surface area contributed by atoms with Crippen molar-refractivity contribution in [2.75, 3.05) is 6.54 Å². The van der Waals surface area contributed by atoms with Crippen molar-refractivity contribution < 1.29 is 0 Å². The number of para-hydroxylation sites is 1. The van der Waals surface area contributed by atoms with E-state index in [9.17, 15) is 0 Å². The molecule has 1 aliphatic rings. The molecule has 1 atom stereocenters. The normalized spacial score (nSPS) is 17.0. The van der Waals surface area contributed by atoms with E-state index in [1.54, 1.807) is 11.3 Å². The SMILES string of the molecule is CC(C)c1nn(-c2ccccc2)cc1[C@@H]1c2nnnn2CCN1Cc1cccs1. The lowest BCUT2D eigenvalue weighted by Gasteiger charge is -2.34. The van der Waals surface area contributed by atoms with Gasteiger partial charge in [0.1, 0.15) is 6.04 Å². The molecule has 0 saturated carbocycles. The minimum Gasteiger partial charge on any atom is -0.283 e. The maximum Gasteiger partial charge on any atom is 0.173 e. The lowest BCUT2D eigenvalue weighted by Crippen LogP contribution is -2.39. The molecule has 0 amide bonds. The van der Waals surface area contributed by atoms with Crippen molar-refractivity contribution in [2.45, 2.75) is 38.9 Å². The van der Waals surface area contributed by atoms with Gasteiger partial charge in [0.15, 0.2) is 5.82 Å². The first kappa shape index (κ1) is 18.2. The Bertz CT molecular complexity index is 1080. The van der Waals surface area contributed by atoms with E-state index in [1.165, 1.54) is 10.4 Å². The zero-order chi connectivity index (χ0) is 19.8. The lowest BCUT2D eigenvalue weighted by molar-refractivity contribution is 0.164. The third-order valence-electron chi connectivity index (χ3n) is 5.34. The molecule has 0 radical (unpaired) electrons. The molecule has 148 valence electrons. The Morgan fingerprint density at radius 3 is 2.72 bits per heavy atom. The van der Waals surface area contributed by atoms with Crippen LogP contribution in [0.4, 0.5) is 0 Å². The van der Waals surface area contributed by atoms with E-state index in [2.05, 4.69) is 70.1 Å². The summed E-state index contributed by atoms with van der Waals surface area (Å²) in [5.74, 6) is 1.19. The molecule has 0 bridgehead atoms. The second-order valence-electron chi connectivity index (χ2n) is 7.62. The van der Waals surface area contributed by atoms with Crippen molar-refractivity contribution in [1.82, 2.24) is 34.9 Å². The molecule has 0 saturated heterocycles. The van der Waals surface area contributed by atoms with E-state index in [0.717, 1.165) is 36.8 Å². The fourth-order valence-electron chi connectivity index (χ4n) is 3.96. The highest BCUT2D eigenvalue weighted by Gasteiger charge is 2.35. The van der Waals surface area contributed by atoms with Crippen LogP contribution in [0.15, 0.2) is 54.0 Å². The van der Waals surface area contributed by atoms with Gasteiger partial charge in [-0.1, -0.05) is 38.1 Å². The molecule has 5 rings (SSSR count). The minimum absolute atomic E-state index is 0.0179. The number of hydrogen-bond acceptors (Lipinski definition) is 6. The summed E-state index contributed by atoms with van der Waals surface area (Å²) in [6.45, 7) is 6.96. The highest BCUT2D eigenvalue weighted by atomic mass is 32.1. The Labute approximate surface area is 173 Å². The number of fused-ring (bicyclic) bond motifs is 1. The van der Waals surface area contributed by atoms with Crippen molar-refractivity contribution >= 4 is 11.3 Å². The Hall–Kier alpha value is -2.84. The number of aromatic nitrogens is 6. The number of hydrogen-bond donors (Lipinski definition) is 0. The second kappa shape index (κ2) is 7.53. The van der Waals surface area contributed by atoms with Crippen LogP contribution in [0.2, 0.25) is 0 Å². The van der Waals surface area contributed by atoms with Gasteiger partial charge in [-0.3, -0.25) is 4.90 Å². The van der Waals surface area contributed by atoms with Crippen LogP contribution in [0.3, 0.4) is 0 Å².